The number of rotatable bonds is 9. The van der Waals surface area contributed by atoms with Crippen LogP contribution in [0.4, 0.5) is 4.39 Å². The maximum absolute atomic E-state index is 13.1. The average Bonchev–Trinajstić information content (AvgIpc) is 2.70. The van der Waals surface area contributed by atoms with Crippen LogP contribution in [0.15, 0.2) is 53.5 Å². The minimum absolute atomic E-state index is 0.227. The summed E-state index contributed by atoms with van der Waals surface area (Å²) in [6, 6.07) is 14.3. The third kappa shape index (κ3) is 6.57. The Kier molecular flexibility index (Phi) is 8.58. The highest BCUT2D eigenvalue weighted by Gasteiger charge is 2.11. The Morgan fingerprint density at radius 1 is 1.07 bits per heavy atom. The molecular weight excluding hydrogens is 345 g/mol. The number of ether oxygens (including phenoxy) is 2. The number of benzene rings is 2. The number of methoxy groups -OCH3 is 2. The molecule has 1 atom stereocenters. The van der Waals surface area contributed by atoms with E-state index in [1.807, 2.05) is 25.1 Å². The summed E-state index contributed by atoms with van der Waals surface area (Å²) in [5.41, 5.74) is 2.04. The molecule has 1 unspecified atom stereocenters. The molecule has 27 heavy (non-hydrogen) atoms. The minimum atomic E-state index is -0.261. The Bertz CT molecular complexity index is 720. The molecular formula is C21H28FN3O2. The Hall–Kier alpha value is -2.60. The molecule has 2 aromatic carbocycles. The van der Waals surface area contributed by atoms with Crippen molar-refractivity contribution in [1.82, 2.24) is 10.6 Å². The highest BCUT2D eigenvalue weighted by atomic mass is 19.1. The maximum Gasteiger partial charge on any atom is 0.191 e. The van der Waals surface area contributed by atoms with Crippen LogP contribution < -0.4 is 15.4 Å². The van der Waals surface area contributed by atoms with E-state index in [-0.39, 0.29) is 11.9 Å². The molecule has 0 saturated heterocycles. The summed E-state index contributed by atoms with van der Waals surface area (Å²) in [4.78, 5) is 4.60. The molecule has 5 nitrogen and oxygen atoms in total. The lowest BCUT2D eigenvalue weighted by molar-refractivity contribution is 0.111. The zero-order valence-corrected chi connectivity index (χ0v) is 16.2. The van der Waals surface area contributed by atoms with Gasteiger partial charge >= 0.3 is 0 Å². The van der Waals surface area contributed by atoms with Crippen molar-refractivity contribution in [2.75, 3.05) is 33.9 Å². The summed E-state index contributed by atoms with van der Waals surface area (Å²) in [6.45, 7) is 3.94. The van der Waals surface area contributed by atoms with Gasteiger partial charge in [0.05, 0.1) is 13.7 Å². The normalized spacial score (nSPS) is 12.5. The van der Waals surface area contributed by atoms with E-state index in [4.69, 9.17) is 9.47 Å². The van der Waals surface area contributed by atoms with E-state index in [1.165, 1.54) is 12.1 Å². The Balaban J connectivity index is 1.95. The Morgan fingerprint density at radius 3 is 2.48 bits per heavy atom. The summed E-state index contributed by atoms with van der Waals surface area (Å²) in [7, 11) is 3.31. The molecule has 2 aromatic rings. The van der Waals surface area contributed by atoms with Crippen molar-refractivity contribution in [3.8, 4) is 5.75 Å². The van der Waals surface area contributed by atoms with E-state index >= 15 is 0 Å². The Morgan fingerprint density at radius 2 is 1.81 bits per heavy atom. The van der Waals surface area contributed by atoms with Gasteiger partial charge in [0.1, 0.15) is 17.7 Å². The van der Waals surface area contributed by atoms with Crippen molar-refractivity contribution < 1.29 is 13.9 Å². The summed E-state index contributed by atoms with van der Waals surface area (Å²) < 4.78 is 24.0. The highest BCUT2D eigenvalue weighted by molar-refractivity contribution is 5.79. The van der Waals surface area contributed by atoms with Crippen LogP contribution in [-0.2, 0) is 11.2 Å². The topological polar surface area (TPSA) is 54.9 Å². The molecule has 2 rings (SSSR count). The predicted molar refractivity (Wildman–Crippen MR) is 107 cm³/mol. The third-order valence-electron chi connectivity index (χ3n) is 4.17. The second kappa shape index (κ2) is 11.2. The first-order valence-corrected chi connectivity index (χ1v) is 9.10. The molecule has 0 fully saturated rings. The fourth-order valence-electron chi connectivity index (χ4n) is 2.73. The first-order valence-electron chi connectivity index (χ1n) is 9.10. The largest absolute Gasteiger partial charge is 0.496 e. The van der Waals surface area contributed by atoms with Gasteiger partial charge in [-0.15, -0.1) is 0 Å². The van der Waals surface area contributed by atoms with Gasteiger partial charge in [-0.3, -0.25) is 4.99 Å². The van der Waals surface area contributed by atoms with Gasteiger partial charge in [0, 0.05) is 20.2 Å². The molecule has 0 aliphatic heterocycles. The molecule has 0 heterocycles. The van der Waals surface area contributed by atoms with Gasteiger partial charge in [0.25, 0.3) is 0 Å². The second-order valence-electron chi connectivity index (χ2n) is 5.98. The monoisotopic (exact) mass is 373 g/mol. The van der Waals surface area contributed by atoms with E-state index in [0.29, 0.717) is 6.54 Å². The molecule has 0 aliphatic rings. The van der Waals surface area contributed by atoms with Crippen LogP contribution in [0.5, 0.6) is 5.75 Å². The van der Waals surface area contributed by atoms with Gasteiger partial charge < -0.3 is 20.1 Å². The molecule has 0 amide bonds. The van der Waals surface area contributed by atoms with Crippen LogP contribution in [0.25, 0.3) is 0 Å². The third-order valence-corrected chi connectivity index (χ3v) is 4.17. The summed E-state index contributed by atoms with van der Waals surface area (Å²) in [6.07, 6.45) is 0.593. The van der Waals surface area contributed by atoms with Gasteiger partial charge in [-0.25, -0.2) is 4.39 Å². The SMILES string of the molecule is CCNC(=NCC(OC)c1ccc(F)cc1)NCCc1ccccc1OC. The standard InChI is InChI=1S/C21H28FN3O2/c1-4-23-21(24-14-13-16-7-5-6-8-19(16)26-2)25-15-20(27-3)17-9-11-18(22)12-10-17/h5-12,20H,4,13-15H2,1-3H3,(H2,23,24,25). The smallest absolute Gasteiger partial charge is 0.191 e. The number of aliphatic imine (C=N–C) groups is 1. The van der Waals surface area contributed by atoms with Gasteiger partial charge in [-0.1, -0.05) is 30.3 Å². The van der Waals surface area contributed by atoms with Crippen LogP contribution in [0, 0.1) is 5.82 Å². The van der Waals surface area contributed by atoms with E-state index < -0.39 is 0 Å². The summed E-state index contributed by atoms with van der Waals surface area (Å²) >= 11 is 0. The van der Waals surface area contributed by atoms with Crippen molar-refractivity contribution in [3.63, 3.8) is 0 Å². The fraction of sp³-hybridized carbons (Fsp3) is 0.381. The first-order chi connectivity index (χ1) is 13.2. The van der Waals surface area contributed by atoms with Crippen molar-refractivity contribution in [2.24, 2.45) is 4.99 Å². The number of hydrogen-bond acceptors (Lipinski definition) is 3. The zero-order chi connectivity index (χ0) is 19.5. The van der Waals surface area contributed by atoms with Crippen molar-refractivity contribution >= 4 is 5.96 Å². The molecule has 0 spiro atoms. The van der Waals surface area contributed by atoms with Crippen molar-refractivity contribution in [3.05, 3.63) is 65.5 Å². The number of nitrogens with one attached hydrogen (secondary N) is 2. The van der Waals surface area contributed by atoms with Gasteiger partial charge in [0.15, 0.2) is 5.96 Å². The average molecular weight is 373 g/mol. The number of guanidine groups is 1. The van der Waals surface area contributed by atoms with E-state index in [1.54, 1.807) is 26.4 Å². The first kappa shape index (κ1) is 20.7. The number of hydrogen-bond donors (Lipinski definition) is 2. The lowest BCUT2D eigenvalue weighted by Crippen LogP contribution is -2.38. The van der Waals surface area contributed by atoms with E-state index in [0.717, 1.165) is 42.3 Å². The molecule has 6 heteroatoms. The maximum atomic E-state index is 13.1. The van der Waals surface area contributed by atoms with Crippen molar-refractivity contribution in [2.45, 2.75) is 19.4 Å². The number of nitrogens with zero attached hydrogens (tertiary/aromatic N) is 1. The summed E-state index contributed by atoms with van der Waals surface area (Å²) in [5, 5.41) is 6.56. The lowest BCUT2D eigenvalue weighted by atomic mass is 10.1. The fourth-order valence-corrected chi connectivity index (χ4v) is 2.73. The van der Waals surface area contributed by atoms with E-state index in [2.05, 4.69) is 21.7 Å². The summed E-state index contributed by atoms with van der Waals surface area (Å²) in [5.74, 6) is 1.34. The van der Waals surface area contributed by atoms with Gasteiger partial charge in [-0.2, -0.15) is 0 Å². The predicted octanol–water partition coefficient (Wildman–Crippen LogP) is 3.32. The van der Waals surface area contributed by atoms with Crippen LogP contribution in [-0.4, -0.2) is 39.8 Å². The molecule has 146 valence electrons. The molecule has 0 aromatic heterocycles. The van der Waals surface area contributed by atoms with Crippen LogP contribution >= 0.6 is 0 Å². The van der Waals surface area contributed by atoms with Crippen molar-refractivity contribution in [1.29, 1.82) is 0 Å². The van der Waals surface area contributed by atoms with Crippen LogP contribution in [0.1, 0.15) is 24.2 Å². The quantitative estimate of drug-likeness (QED) is 0.523. The minimum Gasteiger partial charge on any atom is -0.496 e. The van der Waals surface area contributed by atoms with Gasteiger partial charge in [-0.05, 0) is 42.7 Å². The highest BCUT2D eigenvalue weighted by Crippen LogP contribution is 2.18. The lowest BCUT2D eigenvalue weighted by Gasteiger charge is -2.16. The van der Waals surface area contributed by atoms with Gasteiger partial charge in [0.2, 0.25) is 0 Å². The zero-order valence-electron chi connectivity index (χ0n) is 16.2. The van der Waals surface area contributed by atoms with Crippen LogP contribution in [0.2, 0.25) is 0 Å². The Labute approximate surface area is 160 Å². The number of para-hydroxylation sites is 1. The second-order valence-corrected chi connectivity index (χ2v) is 5.98. The molecule has 0 aliphatic carbocycles. The molecule has 2 N–H and O–H groups in total. The molecule has 0 bridgehead atoms. The van der Waals surface area contributed by atoms with Crippen LogP contribution in [0.3, 0.4) is 0 Å². The number of halogens is 1. The molecule has 0 saturated carbocycles. The molecule has 0 radical (unpaired) electrons. The van der Waals surface area contributed by atoms with E-state index in [9.17, 15) is 4.39 Å².